The monoisotopic (exact) mass is 278 g/mol. The van der Waals surface area contributed by atoms with Gasteiger partial charge in [-0.1, -0.05) is 13.8 Å². The zero-order chi connectivity index (χ0) is 14.5. The summed E-state index contributed by atoms with van der Waals surface area (Å²) in [6, 6.07) is 0. The van der Waals surface area contributed by atoms with E-state index in [1.807, 2.05) is 13.8 Å². The van der Waals surface area contributed by atoms with Gasteiger partial charge in [-0.25, -0.2) is 8.78 Å². The summed E-state index contributed by atoms with van der Waals surface area (Å²) in [5, 5.41) is 0. The largest absolute Gasteiger partial charge is 0.376 e. The first-order valence-corrected chi connectivity index (χ1v) is 7.48. The van der Waals surface area contributed by atoms with E-state index in [1.165, 1.54) is 0 Å². The Balaban J connectivity index is 2.22. The Morgan fingerprint density at radius 1 is 1.11 bits per heavy atom. The maximum atomic E-state index is 13.4. The molecule has 0 aromatic carbocycles. The molecule has 114 valence electrons. The molecule has 0 saturated heterocycles. The van der Waals surface area contributed by atoms with Gasteiger partial charge in [-0.15, -0.1) is 0 Å². The molecule has 0 aromatic heterocycles. The minimum Gasteiger partial charge on any atom is -0.376 e. The summed E-state index contributed by atoms with van der Waals surface area (Å²) in [6.07, 6.45) is 3.86. The number of hydrogen-bond donors (Lipinski definition) is 0. The molecule has 0 aromatic rings. The van der Waals surface area contributed by atoms with Crippen LogP contribution < -0.4 is 0 Å². The fourth-order valence-electron chi connectivity index (χ4n) is 2.42. The van der Waals surface area contributed by atoms with Gasteiger partial charge in [0.05, 0.1) is 18.3 Å². The molecule has 0 amide bonds. The van der Waals surface area contributed by atoms with E-state index < -0.39 is 11.8 Å². The highest BCUT2D eigenvalue weighted by atomic mass is 19.3. The molecule has 0 heterocycles. The summed E-state index contributed by atoms with van der Waals surface area (Å²) in [7, 11) is 0. The van der Waals surface area contributed by atoms with Gasteiger partial charge in [-0.3, -0.25) is 0 Å². The summed E-state index contributed by atoms with van der Waals surface area (Å²) in [5.41, 5.74) is 0. The third kappa shape index (κ3) is 5.74. The third-order valence-electron chi connectivity index (χ3n) is 3.67. The number of halogens is 2. The molecule has 19 heavy (non-hydrogen) atoms. The van der Waals surface area contributed by atoms with Gasteiger partial charge in [0.1, 0.15) is 0 Å². The molecule has 1 rings (SSSR count). The fourth-order valence-corrected chi connectivity index (χ4v) is 2.42. The van der Waals surface area contributed by atoms with Crippen LogP contribution in [0.2, 0.25) is 0 Å². The zero-order valence-electron chi connectivity index (χ0n) is 12.6. The van der Waals surface area contributed by atoms with Gasteiger partial charge in [0.15, 0.2) is 0 Å². The minimum atomic E-state index is -2.58. The van der Waals surface area contributed by atoms with Gasteiger partial charge >= 0.3 is 0 Å². The van der Waals surface area contributed by atoms with Crippen LogP contribution in [0.15, 0.2) is 0 Å². The van der Waals surface area contributed by atoms with Crippen molar-refractivity contribution in [3.8, 4) is 0 Å². The van der Waals surface area contributed by atoms with Crippen LogP contribution in [0.25, 0.3) is 0 Å². The fraction of sp³-hybridized carbons (Fsp3) is 1.00. The van der Waals surface area contributed by atoms with Crippen molar-refractivity contribution in [1.82, 2.24) is 0 Å². The highest BCUT2D eigenvalue weighted by molar-refractivity contribution is 4.79. The molecule has 0 bridgehead atoms. The molecule has 2 atom stereocenters. The van der Waals surface area contributed by atoms with Crippen molar-refractivity contribution in [2.75, 3.05) is 6.61 Å². The summed E-state index contributed by atoms with van der Waals surface area (Å²) >= 11 is 0. The van der Waals surface area contributed by atoms with Crippen LogP contribution in [0.4, 0.5) is 8.78 Å². The molecule has 2 unspecified atom stereocenters. The Labute approximate surface area is 115 Å². The predicted octanol–water partition coefficient (Wildman–Crippen LogP) is 4.42. The van der Waals surface area contributed by atoms with Crippen molar-refractivity contribution < 1.29 is 18.3 Å². The Morgan fingerprint density at radius 3 is 2.32 bits per heavy atom. The van der Waals surface area contributed by atoms with E-state index in [0.29, 0.717) is 13.0 Å². The molecule has 1 aliphatic carbocycles. The quantitative estimate of drug-likeness (QED) is 0.612. The van der Waals surface area contributed by atoms with E-state index in [9.17, 15) is 8.78 Å². The maximum absolute atomic E-state index is 13.4. The lowest BCUT2D eigenvalue weighted by Gasteiger charge is -2.24. The van der Waals surface area contributed by atoms with E-state index in [1.54, 1.807) is 13.8 Å². The highest BCUT2D eigenvalue weighted by Gasteiger charge is 2.33. The maximum Gasteiger partial charge on any atom is 0.250 e. The van der Waals surface area contributed by atoms with Crippen molar-refractivity contribution in [1.29, 1.82) is 0 Å². The Kier molecular flexibility index (Phi) is 6.67. The molecule has 1 saturated carbocycles. The topological polar surface area (TPSA) is 18.5 Å². The second-order valence-corrected chi connectivity index (χ2v) is 6.08. The minimum absolute atomic E-state index is 0.0902. The zero-order valence-corrected chi connectivity index (χ0v) is 12.6. The first-order valence-electron chi connectivity index (χ1n) is 7.48. The molecule has 1 aliphatic rings. The molecule has 4 heteroatoms. The van der Waals surface area contributed by atoms with E-state index in [-0.39, 0.29) is 24.7 Å². The summed E-state index contributed by atoms with van der Waals surface area (Å²) in [5.74, 6) is -3.18. The lowest BCUT2D eigenvalue weighted by Crippen LogP contribution is -2.29. The average Bonchev–Trinajstić information content (AvgIpc) is 2.71. The van der Waals surface area contributed by atoms with E-state index in [0.717, 1.165) is 19.3 Å². The molecule has 1 fully saturated rings. The third-order valence-corrected chi connectivity index (χ3v) is 3.67. The Morgan fingerprint density at radius 2 is 1.74 bits per heavy atom. The van der Waals surface area contributed by atoms with E-state index >= 15 is 0 Å². The molecular formula is C15H28F2O2. The van der Waals surface area contributed by atoms with Crippen LogP contribution in [0.3, 0.4) is 0 Å². The molecule has 0 aliphatic heterocycles. The number of alkyl halides is 2. The predicted molar refractivity (Wildman–Crippen MR) is 72.6 cm³/mol. The van der Waals surface area contributed by atoms with E-state index in [2.05, 4.69) is 0 Å². The summed E-state index contributed by atoms with van der Waals surface area (Å²) in [6.45, 7) is 7.55. The first kappa shape index (κ1) is 16.8. The molecule has 2 nitrogen and oxygen atoms in total. The lowest BCUT2D eigenvalue weighted by molar-refractivity contribution is -0.0882. The second kappa shape index (κ2) is 7.53. The van der Waals surface area contributed by atoms with Crippen molar-refractivity contribution in [3.05, 3.63) is 0 Å². The van der Waals surface area contributed by atoms with Gasteiger partial charge in [-0.2, -0.15) is 0 Å². The molecular weight excluding hydrogens is 250 g/mol. The first-order chi connectivity index (χ1) is 8.83. The van der Waals surface area contributed by atoms with Crippen LogP contribution in [-0.2, 0) is 9.47 Å². The van der Waals surface area contributed by atoms with Gasteiger partial charge in [0, 0.05) is 18.9 Å². The lowest BCUT2D eigenvalue weighted by atomic mass is 10.0. The van der Waals surface area contributed by atoms with Crippen LogP contribution in [0.1, 0.15) is 59.8 Å². The van der Waals surface area contributed by atoms with Gasteiger partial charge in [0.25, 0.3) is 5.92 Å². The van der Waals surface area contributed by atoms with Crippen molar-refractivity contribution in [2.24, 2.45) is 5.92 Å². The van der Waals surface area contributed by atoms with Crippen molar-refractivity contribution in [2.45, 2.75) is 84.0 Å². The Hall–Kier alpha value is -0.220. The SMILES string of the molecule is CC(C)OC1CCCC1OCCCC(F)(F)C(C)C. The molecule has 0 spiro atoms. The van der Waals surface area contributed by atoms with Gasteiger partial charge in [-0.05, 0) is 39.5 Å². The van der Waals surface area contributed by atoms with Gasteiger partial charge in [0.2, 0.25) is 0 Å². The number of hydrogen-bond acceptors (Lipinski definition) is 2. The molecule has 0 radical (unpaired) electrons. The summed E-state index contributed by atoms with van der Waals surface area (Å²) < 4.78 is 38.4. The second-order valence-electron chi connectivity index (χ2n) is 6.08. The standard InChI is InChI=1S/C15H28F2O2/c1-11(2)15(16,17)9-6-10-18-13-7-5-8-14(13)19-12(3)4/h11-14H,5-10H2,1-4H3. The van der Waals surface area contributed by atoms with Crippen LogP contribution >= 0.6 is 0 Å². The normalized spacial score (nSPS) is 24.6. The highest BCUT2D eigenvalue weighted by Crippen LogP contribution is 2.30. The smallest absolute Gasteiger partial charge is 0.250 e. The summed E-state index contributed by atoms with van der Waals surface area (Å²) in [4.78, 5) is 0. The molecule has 0 N–H and O–H groups in total. The van der Waals surface area contributed by atoms with Crippen LogP contribution in [0.5, 0.6) is 0 Å². The van der Waals surface area contributed by atoms with Gasteiger partial charge < -0.3 is 9.47 Å². The number of rotatable bonds is 8. The van der Waals surface area contributed by atoms with E-state index in [4.69, 9.17) is 9.47 Å². The van der Waals surface area contributed by atoms with Crippen molar-refractivity contribution in [3.63, 3.8) is 0 Å². The van der Waals surface area contributed by atoms with Crippen LogP contribution in [-0.4, -0.2) is 30.8 Å². The Bertz CT molecular complexity index is 255. The number of ether oxygens (including phenoxy) is 2. The van der Waals surface area contributed by atoms with Crippen molar-refractivity contribution >= 4 is 0 Å². The average molecular weight is 278 g/mol. The van der Waals surface area contributed by atoms with Crippen LogP contribution in [0, 0.1) is 5.92 Å².